The normalized spacial score (nSPS) is 11.0. The quantitative estimate of drug-likeness (QED) is 0.366. The highest BCUT2D eigenvalue weighted by molar-refractivity contribution is 5.96. The Kier molecular flexibility index (Phi) is 4.97. The summed E-state index contributed by atoms with van der Waals surface area (Å²) in [6, 6.07) is 14.0. The molecule has 0 aliphatic heterocycles. The second-order valence-electron chi connectivity index (χ2n) is 6.63. The van der Waals surface area contributed by atoms with E-state index in [1.165, 1.54) is 45.8 Å². The Hall–Kier alpha value is -4.07. The van der Waals surface area contributed by atoms with E-state index >= 15 is 0 Å². The second kappa shape index (κ2) is 7.75. The molecule has 0 unspecified atom stereocenters. The monoisotopic (exact) mass is 404 g/mol. The van der Waals surface area contributed by atoms with Crippen LogP contribution >= 0.6 is 0 Å². The molecular formula is C22H17FN4O3. The molecule has 4 aromatic rings. The first-order valence-corrected chi connectivity index (χ1v) is 9.17. The average Bonchev–Trinajstić information content (AvgIpc) is 3.15. The molecule has 7 nitrogen and oxygen atoms in total. The van der Waals surface area contributed by atoms with Gasteiger partial charge in [-0.25, -0.2) is 18.7 Å². The van der Waals surface area contributed by atoms with Gasteiger partial charge in [0, 0.05) is 12.1 Å². The Morgan fingerprint density at radius 2 is 1.77 bits per heavy atom. The second-order valence-corrected chi connectivity index (χ2v) is 6.63. The van der Waals surface area contributed by atoms with Crippen LogP contribution in [0.1, 0.15) is 10.4 Å². The van der Waals surface area contributed by atoms with Crippen LogP contribution in [0.25, 0.3) is 16.9 Å². The Morgan fingerprint density at radius 3 is 2.43 bits per heavy atom. The van der Waals surface area contributed by atoms with E-state index in [4.69, 9.17) is 0 Å². The predicted molar refractivity (Wildman–Crippen MR) is 111 cm³/mol. The van der Waals surface area contributed by atoms with Crippen LogP contribution in [0.4, 0.5) is 4.39 Å². The molecule has 0 fully saturated rings. The number of nitrogens with zero attached hydrogens (tertiary/aromatic N) is 4. The van der Waals surface area contributed by atoms with Crippen molar-refractivity contribution in [3.8, 4) is 5.69 Å². The van der Waals surface area contributed by atoms with Gasteiger partial charge >= 0.3 is 5.69 Å². The Balaban J connectivity index is 1.91. The summed E-state index contributed by atoms with van der Waals surface area (Å²) >= 11 is 0. The van der Waals surface area contributed by atoms with Crippen molar-refractivity contribution >= 4 is 16.9 Å². The smallest absolute Gasteiger partial charge is 0.317 e. The molecule has 8 heteroatoms. The number of hydrogen-bond acceptors (Lipinski definition) is 4. The highest BCUT2D eigenvalue weighted by Gasteiger charge is 2.20. The third kappa shape index (κ3) is 3.28. The van der Waals surface area contributed by atoms with Crippen molar-refractivity contribution in [2.45, 2.75) is 13.1 Å². The first kappa shape index (κ1) is 19.3. The zero-order valence-corrected chi connectivity index (χ0v) is 15.9. The maximum Gasteiger partial charge on any atom is 0.337 e. The summed E-state index contributed by atoms with van der Waals surface area (Å²) in [6.07, 6.45) is 2.80. The van der Waals surface area contributed by atoms with Gasteiger partial charge in [0.05, 0.1) is 18.6 Å². The molecule has 30 heavy (non-hydrogen) atoms. The molecule has 0 radical (unpaired) electrons. The van der Waals surface area contributed by atoms with Gasteiger partial charge < -0.3 is 4.57 Å². The Bertz CT molecular complexity index is 1370. The van der Waals surface area contributed by atoms with E-state index in [-0.39, 0.29) is 30.0 Å². The number of hydrogen-bond donors (Lipinski definition) is 0. The summed E-state index contributed by atoms with van der Waals surface area (Å²) in [6.45, 7) is 3.44. The van der Waals surface area contributed by atoms with Crippen LogP contribution in [0.2, 0.25) is 0 Å². The summed E-state index contributed by atoms with van der Waals surface area (Å²) < 4.78 is 16.9. The van der Waals surface area contributed by atoms with Crippen molar-refractivity contribution in [3.63, 3.8) is 0 Å². The molecule has 0 saturated heterocycles. The van der Waals surface area contributed by atoms with Crippen molar-refractivity contribution < 1.29 is 9.18 Å². The van der Waals surface area contributed by atoms with Gasteiger partial charge in [0.15, 0.2) is 16.9 Å². The molecule has 0 aliphatic carbocycles. The van der Waals surface area contributed by atoms with E-state index in [1.807, 2.05) is 6.07 Å². The summed E-state index contributed by atoms with van der Waals surface area (Å²) in [5.41, 5.74) is 0.0147. The van der Waals surface area contributed by atoms with E-state index in [1.54, 1.807) is 24.3 Å². The minimum absolute atomic E-state index is 0.0114. The lowest BCUT2D eigenvalue weighted by molar-refractivity contribution is 0.0973. The van der Waals surface area contributed by atoms with E-state index in [9.17, 15) is 18.8 Å². The number of aromatic nitrogens is 4. The van der Waals surface area contributed by atoms with Gasteiger partial charge in [-0.1, -0.05) is 24.3 Å². The molecule has 0 N–H and O–H groups in total. The molecule has 0 atom stereocenters. The summed E-state index contributed by atoms with van der Waals surface area (Å²) in [5, 5.41) is 0. The highest BCUT2D eigenvalue weighted by atomic mass is 19.1. The first-order chi connectivity index (χ1) is 14.5. The molecule has 2 heterocycles. The van der Waals surface area contributed by atoms with Gasteiger partial charge in [-0.3, -0.25) is 14.2 Å². The van der Waals surface area contributed by atoms with E-state index in [0.29, 0.717) is 11.3 Å². The van der Waals surface area contributed by atoms with Crippen LogP contribution in [-0.4, -0.2) is 24.5 Å². The lowest BCUT2D eigenvalue weighted by Gasteiger charge is -2.11. The maximum absolute atomic E-state index is 13.1. The number of para-hydroxylation sites is 1. The molecule has 4 rings (SSSR count). The molecular weight excluding hydrogens is 387 g/mol. The number of ketones is 1. The molecule has 0 bridgehead atoms. The zero-order valence-electron chi connectivity index (χ0n) is 15.9. The van der Waals surface area contributed by atoms with Gasteiger partial charge in [0.25, 0.3) is 5.56 Å². The van der Waals surface area contributed by atoms with Crippen LogP contribution in [0.3, 0.4) is 0 Å². The van der Waals surface area contributed by atoms with E-state index in [0.717, 1.165) is 4.57 Å². The van der Waals surface area contributed by atoms with Gasteiger partial charge in [-0.15, -0.1) is 6.58 Å². The van der Waals surface area contributed by atoms with Crippen molar-refractivity contribution in [1.82, 2.24) is 18.7 Å². The van der Waals surface area contributed by atoms with Crippen molar-refractivity contribution in [1.29, 1.82) is 0 Å². The van der Waals surface area contributed by atoms with Crippen molar-refractivity contribution in [2.75, 3.05) is 0 Å². The third-order valence-corrected chi connectivity index (χ3v) is 4.71. The fourth-order valence-electron chi connectivity index (χ4n) is 3.28. The standard InChI is InChI=1S/C22H17FN4O3/c1-2-12-26-21(29)19-20(27(22(26)30)17-6-4-3-5-7-17)24-14-25(19)13-18(28)15-8-10-16(23)11-9-15/h2-11,14H,1,12-13H2. The fraction of sp³-hybridized carbons (Fsp3) is 0.0909. The van der Waals surface area contributed by atoms with Gasteiger partial charge in [0.2, 0.25) is 0 Å². The third-order valence-electron chi connectivity index (χ3n) is 4.71. The number of halogens is 1. The topological polar surface area (TPSA) is 78.9 Å². The SMILES string of the molecule is C=CCn1c(=O)c2c(ncn2CC(=O)c2ccc(F)cc2)n(-c2ccccc2)c1=O. The number of Topliss-reactive ketones (excluding diaryl/α,β-unsaturated/α-hetero) is 1. The largest absolute Gasteiger partial charge is 0.337 e. The number of imidazole rings is 1. The predicted octanol–water partition coefficient (Wildman–Crippen LogP) is 2.56. The van der Waals surface area contributed by atoms with Crippen LogP contribution < -0.4 is 11.2 Å². The molecule has 0 amide bonds. The molecule has 2 aromatic carbocycles. The highest BCUT2D eigenvalue weighted by Crippen LogP contribution is 2.14. The van der Waals surface area contributed by atoms with Crippen LogP contribution in [0.5, 0.6) is 0 Å². The first-order valence-electron chi connectivity index (χ1n) is 9.17. The summed E-state index contributed by atoms with van der Waals surface area (Å²) in [7, 11) is 0. The minimum Gasteiger partial charge on any atom is -0.317 e. The molecule has 0 aliphatic rings. The van der Waals surface area contributed by atoms with Crippen molar-refractivity contribution in [2.24, 2.45) is 0 Å². The summed E-state index contributed by atoms with van der Waals surface area (Å²) in [4.78, 5) is 43.0. The Labute approximate surface area is 170 Å². The number of fused-ring (bicyclic) bond motifs is 1. The number of benzene rings is 2. The fourth-order valence-corrected chi connectivity index (χ4v) is 3.28. The number of allylic oxidation sites excluding steroid dienone is 1. The maximum atomic E-state index is 13.1. The number of carbonyl (C=O) groups excluding carboxylic acids is 1. The number of carbonyl (C=O) groups is 1. The molecule has 2 aromatic heterocycles. The van der Waals surface area contributed by atoms with Gasteiger partial charge in [-0.05, 0) is 36.4 Å². The van der Waals surface area contributed by atoms with Gasteiger partial charge in [-0.2, -0.15) is 0 Å². The van der Waals surface area contributed by atoms with Crippen LogP contribution in [0.15, 0.2) is 83.2 Å². The Morgan fingerprint density at radius 1 is 1.07 bits per heavy atom. The van der Waals surface area contributed by atoms with E-state index in [2.05, 4.69) is 11.6 Å². The zero-order chi connectivity index (χ0) is 21.3. The molecule has 150 valence electrons. The average molecular weight is 404 g/mol. The summed E-state index contributed by atoms with van der Waals surface area (Å²) in [5.74, 6) is -0.764. The lowest BCUT2D eigenvalue weighted by Crippen LogP contribution is -2.40. The van der Waals surface area contributed by atoms with Crippen LogP contribution in [-0.2, 0) is 13.1 Å². The number of rotatable bonds is 6. The molecule has 0 spiro atoms. The van der Waals surface area contributed by atoms with E-state index < -0.39 is 17.1 Å². The van der Waals surface area contributed by atoms with Gasteiger partial charge in [0.1, 0.15) is 5.82 Å². The van der Waals surface area contributed by atoms with Crippen molar-refractivity contribution in [3.05, 3.63) is 106 Å². The minimum atomic E-state index is -0.563. The molecule has 0 saturated carbocycles. The van der Waals surface area contributed by atoms with Crippen LogP contribution in [0, 0.1) is 5.82 Å². The lowest BCUT2D eigenvalue weighted by atomic mass is 10.1.